The zero-order chi connectivity index (χ0) is 17.2. The molecular weight excluding hydrogens is 304 g/mol. The van der Waals surface area contributed by atoms with Crippen LogP contribution in [0.2, 0.25) is 0 Å². The maximum Gasteiger partial charge on any atom is 0.379 e. The molecule has 0 fully saturated rings. The molecule has 23 heavy (non-hydrogen) atoms. The second-order valence-corrected chi connectivity index (χ2v) is 5.89. The number of Topliss-reactive ketones (excluding diaryl/α,β-unsaturated/α-hetero) is 1. The van der Waals surface area contributed by atoms with Gasteiger partial charge in [-0.2, -0.15) is 0 Å². The Balaban J connectivity index is 2.41. The molecule has 2 rings (SSSR count). The van der Waals surface area contributed by atoms with Crippen LogP contribution in [0.1, 0.15) is 38.1 Å². The van der Waals surface area contributed by atoms with Crippen LogP contribution in [0.3, 0.4) is 0 Å². The van der Waals surface area contributed by atoms with Gasteiger partial charge in [-0.1, -0.05) is 0 Å². The topological polar surface area (TPSA) is 88.1 Å². The Morgan fingerprint density at radius 3 is 2.30 bits per heavy atom. The summed E-state index contributed by atoms with van der Waals surface area (Å²) < 4.78 is 20.4. The lowest BCUT2D eigenvalue weighted by Gasteiger charge is -2.18. The van der Waals surface area contributed by atoms with Crippen molar-refractivity contribution in [1.29, 1.82) is 0 Å². The van der Waals surface area contributed by atoms with E-state index in [2.05, 4.69) is 0 Å². The van der Waals surface area contributed by atoms with Gasteiger partial charge in [0.1, 0.15) is 5.75 Å². The number of esters is 2. The van der Waals surface area contributed by atoms with E-state index in [0.29, 0.717) is 11.5 Å². The molecule has 0 spiro atoms. The van der Waals surface area contributed by atoms with E-state index in [-0.39, 0.29) is 24.7 Å². The van der Waals surface area contributed by atoms with Crippen molar-refractivity contribution < 1.29 is 33.3 Å². The van der Waals surface area contributed by atoms with Crippen LogP contribution in [0.15, 0.2) is 12.1 Å². The minimum atomic E-state index is -1.03. The van der Waals surface area contributed by atoms with Gasteiger partial charge in [0.2, 0.25) is 6.79 Å². The molecule has 0 bridgehead atoms. The molecule has 1 aromatic carbocycles. The van der Waals surface area contributed by atoms with Crippen molar-refractivity contribution in [2.45, 2.75) is 27.7 Å². The molecule has 1 aliphatic rings. The molecule has 0 unspecified atom stereocenters. The summed E-state index contributed by atoms with van der Waals surface area (Å²) in [5.74, 6) is -1.92. The number of ketones is 1. The fraction of sp³-hybridized carbons (Fsp3) is 0.438. The van der Waals surface area contributed by atoms with Crippen molar-refractivity contribution >= 4 is 17.7 Å². The van der Waals surface area contributed by atoms with Crippen molar-refractivity contribution in [2.24, 2.45) is 5.41 Å². The molecule has 0 saturated carbocycles. The van der Waals surface area contributed by atoms with Crippen LogP contribution in [0, 0.1) is 5.41 Å². The van der Waals surface area contributed by atoms with E-state index in [1.165, 1.54) is 12.1 Å². The third-order valence-corrected chi connectivity index (χ3v) is 3.00. The lowest BCUT2D eigenvalue weighted by atomic mass is 9.97. The summed E-state index contributed by atoms with van der Waals surface area (Å²) in [6.45, 7) is 6.66. The summed E-state index contributed by atoms with van der Waals surface area (Å²) in [5, 5.41) is 0. The smallest absolute Gasteiger partial charge is 0.379 e. The molecule has 1 aromatic rings. The molecule has 7 nitrogen and oxygen atoms in total. The fourth-order valence-electron chi connectivity index (χ4n) is 1.74. The van der Waals surface area contributed by atoms with Gasteiger partial charge in [-0.15, -0.1) is 0 Å². The Hall–Kier alpha value is -2.57. The van der Waals surface area contributed by atoms with Gasteiger partial charge >= 0.3 is 11.9 Å². The highest BCUT2D eigenvalue weighted by Crippen LogP contribution is 2.39. The molecule has 7 heteroatoms. The second-order valence-electron chi connectivity index (χ2n) is 5.89. The standard InChI is InChI=1S/C16H18O7/c1-5-20-14(18)13(17)9-6-11-12(22-8-21-11)7-10(9)23-15(19)16(2,3)4/h6-7H,5,8H2,1-4H3. The number of fused-ring (bicyclic) bond motifs is 1. The molecule has 124 valence electrons. The Labute approximate surface area is 133 Å². The molecule has 1 aliphatic heterocycles. The average molecular weight is 322 g/mol. The van der Waals surface area contributed by atoms with E-state index >= 15 is 0 Å². The number of rotatable bonds is 4. The number of hydrogen-bond donors (Lipinski definition) is 0. The Morgan fingerprint density at radius 1 is 1.13 bits per heavy atom. The van der Waals surface area contributed by atoms with E-state index in [9.17, 15) is 14.4 Å². The quantitative estimate of drug-likeness (QED) is 0.363. The summed E-state index contributed by atoms with van der Waals surface area (Å²) in [7, 11) is 0. The maximum atomic E-state index is 12.2. The average Bonchev–Trinajstić information content (AvgIpc) is 2.92. The largest absolute Gasteiger partial charge is 0.460 e. The first-order valence-electron chi connectivity index (χ1n) is 7.11. The summed E-state index contributed by atoms with van der Waals surface area (Å²) in [5.41, 5.74) is -0.883. The number of ether oxygens (including phenoxy) is 4. The van der Waals surface area contributed by atoms with Crippen LogP contribution in [0.4, 0.5) is 0 Å². The highest BCUT2D eigenvalue weighted by atomic mass is 16.7. The lowest BCUT2D eigenvalue weighted by molar-refractivity contribution is -0.143. The van der Waals surface area contributed by atoms with Crippen molar-refractivity contribution in [3.8, 4) is 17.2 Å². The Morgan fingerprint density at radius 2 is 1.74 bits per heavy atom. The fourth-order valence-corrected chi connectivity index (χ4v) is 1.74. The van der Waals surface area contributed by atoms with Gasteiger partial charge < -0.3 is 18.9 Å². The summed E-state index contributed by atoms with van der Waals surface area (Å²) in [4.78, 5) is 36.0. The maximum absolute atomic E-state index is 12.2. The van der Waals surface area contributed by atoms with Gasteiger partial charge in [-0.25, -0.2) is 4.79 Å². The minimum absolute atomic E-state index is 0.0148. The second kappa shape index (κ2) is 6.28. The van der Waals surface area contributed by atoms with Crippen LogP contribution in [0.5, 0.6) is 17.2 Å². The van der Waals surface area contributed by atoms with Gasteiger partial charge in [0.25, 0.3) is 5.78 Å². The van der Waals surface area contributed by atoms with E-state index in [1.807, 2.05) is 0 Å². The Bertz CT molecular complexity index is 655. The molecule has 0 amide bonds. The molecular formula is C16H18O7. The third kappa shape index (κ3) is 3.61. The molecule has 0 radical (unpaired) electrons. The first-order valence-corrected chi connectivity index (χ1v) is 7.11. The normalized spacial score (nSPS) is 12.7. The number of carbonyl (C=O) groups excluding carboxylic acids is 3. The predicted octanol–water partition coefficient (Wildman–Crippen LogP) is 2.11. The van der Waals surface area contributed by atoms with E-state index < -0.39 is 23.1 Å². The lowest BCUT2D eigenvalue weighted by Crippen LogP contribution is -2.27. The molecule has 0 aliphatic carbocycles. The predicted molar refractivity (Wildman–Crippen MR) is 78.6 cm³/mol. The zero-order valence-corrected chi connectivity index (χ0v) is 13.4. The first kappa shape index (κ1) is 16.8. The van der Waals surface area contributed by atoms with Crippen LogP contribution in [0.25, 0.3) is 0 Å². The summed E-state index contributed by atoms with van der Waals surface area (Å²) in [6, 6.07) is 2.67. The highest BCUT2D eigenvalue weighted by molar-refractivity contribution is 6.41. The van der Waals surface area contributed by atoms with Crippen molar-refractivity contribution in [3.63, 3.8) is 0 Å². The van der Waals surface area contributed by atoms with Crippen molar-refractivity contribution in [2.75, 3.05) is 13.4 Å². The van der Waals surface area contributed by atoms with Crippen LogP contribution >= 0.6 is 0 Å². The first-order chi connectivity index (χ1) is 10.7. The minimum Gasteiger partial charge on any atom is -0.460 e. The molecule has 0 saturated heterocycles. The van der Waals surface area contributed by atoms with E-state index in [1.54, 1.807) is 27.7 Å². The molecule has 1 heterocycles. The number of hydrogen-bond acceptors (Lipinski definition) is 7. The van der Waals surface area contributed by atoms with E-state index in [4.69, 9.17) is 18.9 Å². The van der Waals surface area contributed by atoms with Gasteiger partial charge in [-0.05, 0) is 33.8 Å². The van der Waals surface area contributed by atoms with Gasteiger partial charge in [0.15, 0.2) is 11.5 Å². The summed E-state index contributed by atoms with van der Waals surface area (Å²) in [6.07, 6.45) is 0. The third-order valence-electron chi connectivity index (χ3n) is 3.00. The number of benzene rings is 1. The molecule has 0 aromatic heterocycles. The summed E-state index contributed by atoms with van der Waals surface area (Å²) >= 11 is 0. The van der Waals surface area contributed by atoms with Crippen molar-refractivity contribution in [1.82, 2.24) is 0 Å². The Kier molecular flexibility index (Phi) is 4.58. The van der Waals surface area contributed by atoms with E-state index in [0.717, 1.165) is 0 Å². The monoisotopic (exact) mass is 322 g/mol. The van der Waals surface area contributed by atoms with Gasteiger partial charge in [0, 0.05) is 6.07 Å². The van der Waals surface area contributed by atoms with Crippen LogP contribution in [-0.2, 0) is 14.3 Å². The SMILES string of the molecule is CCOC(=O)C(=O)c1cc2c(cc1OC(=O)C(C)(C)C)OCO2. The van der Waals surface area contributed by atoms with Gasteiger partial charge in [-0.3, -0.25) is 9.59 Å². The molecule has 0 N–H and O–H groups in total. The van der Waals surface area contributed by atoms with Crippen LogP contribution in [-0.4, -0.2) is 31.1 Å². The molecule has 0 atom stereocenters. The zero-order valence-electron chi connectivity index (χ0n) is 13.4. The number of carbonyl (C=O) groups is 3. The van der Waals surface area contributed by atoms with Crippen molar-refractivity contribution in [3.05, 3.63) is 17.7 Å². The highest BCUT2D eigenvalue weighted by Gasteiger charge is 2.30. The van der Waals surface area contributed by atoms with Gasteiger partial charge in [0.05, 0.1) is 17.6 Å². The van der Waals surface area contributed by atoms with Crippen LogP contribution < -0.4 is 14.2 Å².